The Kier molecular flexibility index (Phi) is 4.68. The van der Waals surface area contributed by atoms with Crippen molar-refractivity contribution in [1.29, 1.82) is 0 Å². The molecule has 0 radical (unpaired) electrons. The van der Waals surface area contributed by atoms with Crippen molar-refractivity contribution in [3.63, 3.8) is 0 Å². The van der Waals surface area contributed by atoms with Crippen molar-refractivity contribution in [3.05, 3.63) is 35.4 Å². The van der Waals surface area contributed by atoms with Gasteiger partial charge in [0, 0.05) is 0 Å². The molecule has 0 amide bonds. The van der Waals surface area contributed by atoms with Gasteiger partial charge in [0.15, 0.2) is 0 Å². The number of hydrogen-bond donors (Lipinski definition) is 0. The van der Waals surface area contributed by atoms with Crippen molar-refractivity contribution in [2.24, 2.45) is 0 Å². The molecule has 0 unspecified atom stereocenters. The SMILES string of the molecule is Cc1ccccc1C(B1OC(C)(C)C(C)(C)O1)B1OC(C)(C)C(C)(C)O1. The van der Waals surface area contributed by atoms with E-state index in [1.165, 1.54) is 5.56 Å². The maximum absolute atomic E-state index is 6.40. The fraction of sp³-hybridized carbons (Fsp3) is 0.700. The fourth-order valence-electron chi connectivity index (χ4n) is 3.45. The van der Waals surface area contributed by atoms with Gasteiger partial charge < -0.3 is 18.6 Å². The van der Waals surface area contributed by atoms with Crippen molar-refractivity contribution in [2.45, 2.75) is 90.4 Å². The van der Waals surface area contributed by atoms with Crippen LogP contribution in [-0.4, -0.2) is 36.6 Å². The molecule has 26 heavy (non-hydrogen) atoms. The van der Waals surface area contributed by atoms with E-state index in [4.69, 9.17) is 18.6 Å². The highest BCUT2D eigenvalue weighted by Gasteiger charge is 2.62. The first-order valence-corrected chi connectivity index (χ1v) is 9.54. The molecule has 6 heteroatoms. The van der Waals surface area contributed by atoms with Crippen LogP contribution >= 0.6 is 0 Å². The molecule has 0 aromatic heterocycles. The van der Waals surface area contributed by atoms with Crippen LogP contribution in [0.4, 0.5) is 0 Å². The molecule has 1 aromatic carbocycles. The highest BCUT2D eigenvalue weighted by Crippen LogP contribution is 2.46. The Balaban J connectivity index is 2.02. The van der Waals surface area contributed by atoms with Crippen LogP contribution in [0.5, 0.6) is 0 Å². The van der Waals surface area contributed by atoms with Gasteiger partial charge in [-0.2, -0.15) is 0 Å². The van der Waals surface area contributed by atoms with E-state index < -0.39 is 36.6 Å². The minimum atomic E-state index is -0.434. The van der Waals surface area contributed by atoms with Crippen molar-refractivity contribution >= 4 is 14.2 Å². The summed E-state index contributed by atoms with van der Waals surface area (Å²) in [5, 5.41) is 0. The molecule has 2 saturated heterocycles. The van der Waals surface area contributed by atoms with E-state index in [1.807, 2.05) is 12.1 Å². The minimum absolute atomic E-state index is 0.168. The van der Waals surface area contributed by atoms with Crippen molar-refractivity contribution in [3.8, 4) is 0 Å². The molecular weight excluding hydrogens is 326 g/mol. The van der Waals surface area contributed by atoms with Gasteiger partial charge in [-0.3, -0.25) is 0 Å². The summed E-state index contributed by atoms with van der Waals surface area (Å²) in [6.07, 6.45) is 0. The van der Waals surface area contributed by atoms with Gasteiger partial charge >= 0.3 is 14.2 Å². The predicted octanol–water partition coefficient (Wildman–Crippen LogP) is 4.34. The van der Waals surface area contributed by atoms with E-state index in [2.05, 4.69) is 74.4 Å². The summed E-state index contributed by atoms with van der Waals surface area (Å²) in [6.45, 7) is 18.7. The van der Waals surface area contributed by atoms with E-state index in [0.717, 1.165) is 5.56 Å². The molecule has 0 N–H and O–H groups in total. The lowest BCUT2D eigenvalue weighted by molar-refractivity contribution is 0.00578. The Hall–Kier alpha value is -0.810. The molecule has 0 aliphatic carbocycles. The van der Waals surface area contributed by atoms with Crippen LogP contribution in [0.2, 0.25) is 0 Å². The second-order valence-electron chi connectivity index (χ2n) is 9.63. The quantitative estimate of drug-likeness (QED) is 0.754. The van der Waals surface area contributed by atoms with Gasteiger partial charge in [-0.05, 0) is 73.4 Å². The van der Waals surface area contributed by atoms with Crippen LogP contribution in [-0.2, 0) is 18.6 Å². The summed E-state index contributed by atoms with van der Waals surface area (Å²) in [6, 6.07) is 8.32. The van der Waals surface area contributed by atoms with Crippen LogP contribution in [0.3, 0.4) is 0 Å². The lowest BCUT2D eigenvalue weighted by Gasteiger charge is -2.32. The molecule has 142 valence electrons. The number of hydrogen-bond acceptors (Lipinski definition) is 4. The van der Waals surface area contributed by atoms with Gasteiger partial charge in [0.05, 0.1) is 28.1 Å². The van der Waals surface area contributed by atoms with Crippen LogP contribution in [0.15, 0.2) is 24.3 Å². The zero-order valence-corrected chi connectivity index (χ0v) is 17.7. The topological polar surface area (TPSA) is 36.9 Å². The molecule has 0 atom stereocenters. The van der Waals surface area contributed by atoms with Gasteiger partial charge in [0.25, 0.3) is 0 Å². The summed E-state index contributed by atoms with van der Waals surface area (Å²) in [5.74, 6) is 0. The number of benzene rings is 1. The highest BCUT2D eigenvalue weighted by atomic mass is 16.7. The largest absolute Gasteiger partial charge is 0.463 e. The van der Waals surface area contributed by atoms with E-state index in [1.54, 1.807) is 0 Å². The second kappa shape index (κ2) is 6.10. The summed E-state index contributed by atoms with van der Waals surface area (Å²) < 4.78 is 25.6. The molecule has 2 aliphatic heterocycles. The smallest absolute Gasteiger partial charge is 0.403 e. The van der Waals surface area contributed by atoms with E-state index in [9.17, 15) is 0 Å². The normalized spacial score (nSPS) is 25.9. The lowest BCUT2D eigenvalue weighted by atomic mass is 9.48. The van der Waals surface area contributed by atoms with Crippen molar-refractivity contribution in [1.82, 2.24) is 0 Å². The molecule has 3 rings (SSSR count). The zero-order valence-electron chi connectivity index (χ0n) is 17.7. The Bertz CT molecular complexity index is 616. The van der Waals surface area contributed by atoms with Gasteiger partial charge in [0.1, 0.15) is 0 Å². The average molecular weight is 358 g/mol. The first kappa shape index (κ1) is 19.9. The van der Waals surface area contributed by atoms with Crippen LogP contribution in [0, 0.1) is 6.92 Å². The third kappa shape index (κ3) is 3.15. The summed E-state index contributed by atoms with van der Waals surface area (Å²) in [5.41, 5.74) is 0.555. The average Bonchev–Trinajstić information content (AvgIpc) is 2.80. The molecule has 0 bridgehead atoms. The van der Waals surface area contributed by atoms with E-state index in [0.29, 0.717) is 0 Å². The molecule has 2 heterocycles. The van der Waals surface area contributed by atoms with Crippen molar-refractivity contribution in [2.75, 3.05) is 0 Å². The maximum Gasteiger partial charge on any atom is 0.463 e. The van der Waals surface area contributed by atoms with Gasteiger partial charge in [-0.15, -0.1) is 0 Å². The van der Waals surface area contributed by atoms with Crippen LogP contribution in [0.1, 0.15) is 72.2 Å². The summed E-state index contributed by atoms with van der Waals surface area (Å²) in [4.78, 5) is 0. The number of aryl methyl sites for hydroxylation is 1. The minimum Gasteiger partial charge on any atom is -0.403 e. The molecule has 0 saturated carbocycles. The second-order valence-corrected chi connectivity index (χ2v) is 9.63. The third-order valence-electron chi connectivity index (χ3n) is 6.68. The molecule has 2 fully saturated rings. The van der Waals surface area contributed by atoms with Crippen LogP contribution in [0.25, 0.3) is 0 Å². The first-order chi connectivity index (χ1) is 11.8. The molecule has 2 aliphatic rings. The molecular formula is C20H32B2O4. The maximum atomic E-state index is 6.40. The summed E-state index contributed by atoms with van der Waals surface area (Å²) >= 11 is 0. The number of rotatable bonds is 3. The Morgan fingerprint density at radius 2 is 1.00 bits per heavy atom. The van der Waals surface area contributed by atoms with Gasteiger partial charge in [-0.25, -0.2) is 0 Å². The molecule has 4 nitrogen and oxygen atoms in total. The molecule has 0 spiro atoms. The fourth-order valence-corrected chi connectivity index (χ4v) is 3.45. The van der Waals surface area contributed by atoms with Crippen molar-refractivity contribution < 1.29 is 18.6 Å². The van der Waals surface area contributed by atoms with Gasteiger partial charge in [0.2, 0.25) is 0 Å². The monoisotopic (exact) mass is 358 g/mol. The molecule has 1 aromatic rings. The van der Waals surface area contributed by atoms with E-state index >= 15 is 0 Å². The Morgan fingerprint density at radius 1 is 0.654 bits per heavy atom. The zero-order chi connectivity index (χ0) is 19.5. The van der Waals surface area contributed by atoms with Gasteiger partial charge in [-0.1, -0.05) is 24.3 Å². The standard InChI is InChI=1S/C20H32B2O4/c1-14-12-10-11-13-15(14)16(21-23-17(2,3)18(4,5)24-21)22-25-19(6,7)20(8,9)26-22/h10-13,16H,1-9H3. The first-order valence-electron chi connectivity index (χ1n) is 9.54. The predicted molar refractivity (Wildman–Crippen MR) is 106 cm³/mol. The lowest BCUT2D eigenvalue weighted by Crippen LogP contribution is -2.41. The van der Waals surface area contributed by atoms with Crippen LogP contribution < -0.4 is 0 Å². The Morgan fingerprint density at radius 3 is 1.35 bits per heavy atom. The highest BCUT2D eigenvalue weighted by molar-refractivity contribution is 6.68. The van der Waals surface area contributed by atoms with E-state index in [-0.39, 0.29) is 5.72 Å². The Labute approximate surface area is 159 Å². The summed E-state index contributed by atoms with van der Waals surface area (Å²) in [7, 11) is -0.869. The third-order valence-corrected chi connectivity index (χ3v) is 6.68.